The maximum absolute atomic E-state index is 12.6. The lowest BCUT2D eigenvalue weighted by molar-refractivity contribution is -0.119. The number of halogens is 1. The van der Waals surface area contributed by atoms with E-state index in [1.165, 1.54) is 11.8 Å². The molecule has 0 saturated heterocycles. The van der Waals surface area contributed by atoms with E-state index in [0.717, 1.165) is 5.56 Å². The Bertz CT molecular complexity index is 1040. The van der Waals surface area contributed by atoms with Crippen LogP contribution in [0.5, 0.6) is 0 Å². The summed E-state index contributed by atoms with van der Waals surface area (Å²) in [6, 6.07) is 14.5. The van der Waals surface area contributed by atoms with Crippen LogP contribution in [0.4, 0.5) is 0 Å². The van der Waals surface area contributed by atoms with Crippen molar-refractivity contribution in [1.82, 2.24) is 14.9 Å². The fourth-order valence-corrected chi connectivity index (χ4v) is 4.03. The molecule has 0 fully saturated rings. The Kier molecular flexibility index (Phi) is 6.19. The molecular formula is C20H20ClN3O2S. The number of aromatic nitrogens is 2. The van der Waals surface area contributed by atoms with Gasteiger partial charge in [0.15, 0.2) is 5.16 Å². The SMILES string of the molecule is CCn1c(SCC(=O)N[C@@H](C)c2ccccc2Cl)nc2ccccc2c1=O. The van der Waals surface area contributed by atoms with E-state index in [1.807, 2.05) is 44.2 Å². The molecule has 1 heterocycles. The van der Waals surface area contributed by atoms with Gasteiger partial charge < -0.3 is 5.32 Å². The van der Waals surface area contributed by atoms with E-state index in [4.69, 9.17) is 11.6 Å². The molecule has 0 aliphatic carbocycles. The van der Waals surface area contributed by atoms with Gasteiger partial charge in [0.2, 0.25) is 5.91 Å². The maximum Gasteiger partial charge on any atom is 0.262 e. The molecule has 0 radical (unpaired) electrons. The third-order valence-corrected chi connectivity index (χ3v) is 5.55. The minimum absolute atomic E-state index is 0.0876. The Morgan fingerprint density at radius 3 is 2.67 bits per heavy atom. The number of para-hydroxylation sites is 1. The number of amides is 1. The fourth-order valence-electron chi connectivity index (χ4n) is 2.85. The number of carbonyl (C=O) groups is 1. The van der Waals surface area contributed by atoms with Crippen molar-refractivity contribution in [2.24, 2.45) is 0 Å². The summed E-state index contributed by atoms with van der Waals surface area (Å²) >= 11 is 7.44. The number of nitrogens with one attached hydrogen (secondary N) is 1. The lowest BCUT2D eigenvalue weighted by Crippen LogP contribution is -2.29. The lowest BCUT2D eigenvalue weighted by atomic mass is 10.1. The van der Waals surface area contributed by atoms with E-state index >= 15 is 0 Å². The van der Waals surface area contributed by atoms with Crippen molar-refractivity contribution in [3.05, 3.63) is 69.5 Å². The van der Waals surface area contributed by atoms with Gasteiger partial charge in [-0.05, 0) is 37.6 Å². The third kappa shape index (κ3) is 4.34. The second kappa shape index (κ2) is 8.59. The highest BCUT2D eigenvalue weighted by molar-refractivity contribution is 7.99. The Hall–Kier alpha value is -2.31. The van der Waals surface area contributed by atoms with Gasteiger partial charge in [0, 0.05) is 11.6 Å². The normalized spacial score (nSPS) is 12.1. The van der Waals surface area contributed by atoms with Crippen molar-refractivity contribution in [3.63, 3.8) is 0 Å². The number of thioether (sulfide) groups is 1. The van der Waals surface area contributed by atoms with Gasteiger partial charge in [-0.2, -0.15) is 0 Å². The second-order valence-corrected chi connectivity index (χ2v) is 7.41. The minimum Gasteiger partial charge on any atom is -0.349 e. The van der Waals surface area contributed by atoms with Crippen molar-refractivity contribution in [1.29, 1.82) is 0 Å². The van der Waals surface area contributed by atoms with Crippen LogP contribution in [-0.4, -0.2) is 21.2 Å². The van der Waals surface area contributed by atoms with E-state index in [-0.39, 0.29) is 23.3 Å². The van der Waals surface area contributed by atoms with Gasteiger partial charge >= 0.3 is 0 Å². The summed E-state index contributed by atoms with van der Waals surface area (Å²) < 4.78 is 1.60. The maximum atomic E-state index is 12.6. The number of benzene rings is 2. The molecule has 1 atom stereocenters. The van der Waals surface area contributed by atoms with Gasteiger partial charge in [-0.25, -0.2) is 4.98 Å². The summed E-state index contributed by atoms with van der Waals surface area (Å²) in [6.07, 6.45) is 0. The van der Waals surface area contributed by atoms with Crippen molar-refractivity contribution in [2.75, 3.05) is 5.75 Å². The zero-order chi connectivity index (χ0) is 19.4. The number of hydrogen-bond donors (Lipinski definition) is 1. The van der Waals surface area contributed by atoms with Crippen LogP contribution in [0, 0.1) is 0 Å². The van der Waals surface area contributed by atoms with Crippen LogP contribution in [0.15, 0.2) is 58.5 Å². The van der Waals surface area contributed by atoms with Gasteiger partial charge in [-0.1, -0.05) is 53.7 Å². The van der Waals surface area contributed by atoms with Crippen LogP contribution in [0.3, 0.4) is 0 Å². The summed E-state index contributed by atoms with van der Waals surface area (Å²) in [5.74, 6) is 0.0250. The third-order valence-electron chi connectivity index (χ3n) is 4.22. The first-order chi connectivity index (χ1) is 13.0. The molecule has 2 aromatic carbocycles. The molecule has 0 spiro atoms. The first-order valence-corrected chi connectivity index (χ1v) is 10.0. The summed E-state index contributed by atoms with van der Waals surface area (Å²) in [4.78, 5) is 29.5. The van der Waals surface area contributed by atoms with Gasteiger partial charge in [0.1, 0.15) is 0 Å². The summed E-state index contributed by atoms with van der Waals surface area (Å²) in [7, 11) is 0. The Morgan fingerprint density at radius 1 is 1.22 bits per heavy atom. The standard InChI is InChI=1S/C20H20ClN3O2S/c1-3-24-19(26)15-9-5-7-11-17(15)23-20(24)27-12-18(25)22-13(2)14-8-4-6-10-16(14)21/h4-11,13H,3,12H2,1-2H3,(H,22,25)/t13-/m0/s1. The molecule has 140 valence electrons. The monoisotopic (exact) mass is 401 g/mol. The van der Waals surface area contributed by atoms with E-state index in [0.29, 0.717) is 27.6 Å². The summed E-state index contributed by atoms with van der Waals surface area (Å²) in [5, 5.41) is 4.68. The average Bonchev–Trinajstić information content (AvgIpc) is 2.67. The number of carbonyl (C=O) groups excluding carboxylic acids is 1. The zero-order valence-electron chi connectivity index (χ0n) is 15.1. The van der Waals surface area contributed by atoms with Crippen LogP contribution in [-0.2, 0) is 11.3 Å². The van der Waals surface area contributed by atoms with Crippen molar-refractivity contribution < 1.29 is 4.79 Å². The van der Waals surface area contributed by atoms with E-state index in [9.17, 15) is 9.59 Å². The number of nitrogens with zero attached hydrogens (tertiary/aromatic N) is 2. The molecule has 0 aliphatic rings. The molecule has 5 nitrogen and oxygen atoms in total. The highest BCUT2D eigenvalue weighted by Crippen LogP contribution is 2.23. The molecule has 0 unspecified atom stereocenters. The molecule has 7 heteroatoms. The molecule has 1 amide bonds. The average molecular weight is 402 g/mol. The van der Waals surface area contributed by atoms with E-state index in [2.05, 4.69) is 10.3 Å². The molecule has 1 N–H and O–H groups in total. The van der Waals surface area contributed by atoms with Crippen LogP contribution in [0.1, 0.15) is 25.5 Å². The molecule has 0 bridgehead atoms. The van der Waals surface area contributed by atoms with Crippen molar-refractivity contribution in [2.45, 2.75) is 31.6 Å². The van der Waals surface area contributed by atoms with E-state index in [1.54, 1.807) is 22.8 Å². The largest absolute Gasteiger partial charge is 0.349 e. The van der Waals surface area contributed by atoms with Gasteiger partial charge in [0.05, 0.1) is 22.7 Å². The molecule has 3 rings (SSSR count). The first-order valence-electron chi connectivity index (χ1n) is 8.67. The first kappa shape index (κ1) is 19.5. The smallest absolute Gasteiger partial charge is 0.262 e. The van der Waals surface area contributed by atoms with Gasteiger partial charge in [-0.3, -0.25) is 14.2 Å². The number of rotatable bonds is 6. The lowest BCUT2D eigenvalue weighted by Gasteiger charge is -2.16. The topological polar surface area (TPSA) is 64.0 Å². The Morgan fingerprint density at radius 2 is 1.93 bits per heavy atom. The predicted molar refractivity (Wildman–Crippen MR) is 110 cm³/mol. The van der Waals surface area contributed by atoms with Crippen LogP contribution >= 0.6 is 23.4 Å². The molecular weight excluding hydrogens is 382 g/mol. The highest BCUT2D eigenvalue weighted by atomic mass is 35.5. The molecule has 27 heavy (non-hydrogen) atoms. The number of hydrogen-bond acceptors (Lipinski definition) is 4. The Balaban J connectivity index is 1.74. The summed E-state index contributed by atoms with van der Waals surface area (Å²) in [6.45, 7) is 4.28. The minimum atomic E-state index is -0.204. The van der Waals surface area contributed by atoms with Gasteiger partial charge in [-0.15, -0.1) is 0 Å². The molecule has 0 saturated carbocycles. The van der Waals surface area contributed by atoms with Crippen LogP contribution < -0.4 is 10.9 Å². The quantitative estimate of drug-likeness (QED) is 0.500. The van der Waals surface area contributed by atoms with Crippen molar-refractivity contribution >= 4 is 40.2 Å². The fraction of sp³-hybridized carbons (Fsp3) is 0.250. The second-order valence-electron chi connectivity index (χ2n) is 6.06. The summed E-state index contributed by atoms with van der Waals surface area (Å²) in [5.41, 5.74) is 1.42. The highest BCUT2D eigenvalue weighted by Gasteiger charge is 2.15. The number of fused-ring (bicyclic) bond motifs is 1. The van der Waals surface area contributed by atoms with E-state index < -0.39 is 0 Å². The van der Waals surface area contributed by atoms with Gasteiger partial charge in [0.25, 0.3) is 5.56 Å². The molecule has 1 aromatic heterocycles. The van der Waals surface area contributed by atoms with Crippen LogP contribution in [0.25, 0.3) is 10.9 Å². The van der Waals surface area contributed by atoms with Crippen LogP contribution in [0.2, 0.25) is 5.02 Å². The molecule has 3 aromatic rings. The van der Waals surface area contributed by atoms with Crippen molar-refractivity contribution in [3.8, 4) is 0 Å². The molecule has 0 aliphatic heterocycles. The zero-order valence-corrected chi connectivity index (χ0v) is 16.7. The predicted octanol–water partition coefficient (Wildman–Crippen LogP) is 4.04. The Labute approximate surface area is 166 Å².